The maximum Gasteiger partial charge on any atom is 0.208 e. The summed E-state index contributed by atoms with van der Waals surface area (Å²) < 4.78 is 27.1. The Kier molecular flexibility index (Phi) is 6.00. The topological polar surface area (TPSA) is 92.2 Å². The van der Waals surface area contributed by atoms with Crippen molar-refractivity contribution in [3.05, 3.63) is 58.1 Å². The van der Waals surface area contributed by atoms with E-state index in [1.165, 1.54) is 6.26 Å². The fourth-order valence-corrected chi connectivity index (χ4v) is 5.12. The summed E-state index contributed by atoms with van der Waals surface area (Å²) in [5.41, 5.74) is 1.33. The molecule has 2 N–H and O–H groups in total. The minimum atomic E-state index is -3.28. The summed E-state index contributed by atoms with van der Waals surface area (Å²) in [6.45, 7) is 1.68. The molecule has 0 saturated heterocycles. The van der Waals surface area contributed by atoms with Gasteiger partial charge in [0.05, 0.1) is 18.1 Å². The molecule has 1 unspecified atom stereocenters. The Balaban J connectivity index is 1.98. The Morgan fingerprint density at radius 2 is 2.19 bits per heavy atom. The van der Waals surface area contributed by atoms with Gasteiger partial charge in [-0.05, 0) is 56.4 Å². The molecule has 1 aromatic heterocycles. The highest BCUT2D eigenvalue weighted by Gasteiger charge is 2.43. The van der Waals surface area contributed by atoms with E-state index in [-0.39, 0.29) is 11.5 Å². The van der Waals surface area contributed by atoms with Gasteiger partial charge in [0.15, 0.2) is 0 Å². The first-order chi connectivity index (χ1) is 12.7. The Hall–Kier alpha value is -1.35. The average Bonchev–Trinajstić information content (AvgIpc) is 2.97. The highest BCUT2D eigenvalue weighted by atomic mass is 79.9. The molecule has 146 valence electrons. The van der Waals surface area contributed by atoms with Gasteiger partial charge in [-0.1, -0.05) is 28.1 Å². The van der Waals surface area contributed by atoms with E-state index in [4.69, 9.17) is 0 Å². The first kappa shape index (κ1) is 20.4. The van der Waals surface area contributed by atoms with Crippen LogP contribution in [0.15, 0.2) is 41.0 Å². The molecule has 8 heteroatoms. The summed E-state index contributed by atoms with van der Waals surface area (Å²) in [5.74, 6) is 0.665. The fraction of sp³-hybridized carbons (Fsp3) is 0.474. The monoisotopic (exact) mass is 453 g/mol. The molecule has 0 bridgehead atoms. The molecule has 1 saturated carbocycles. The van der Waals surface area contributed by atoms with Gasteiger partial charge in [-0.25, -0.2) is 23.1 Å². The van der Waals surface area contributed by atoms with E-state index in [1.54, 1.807) is 19.2 Å². The van der Waals surface area contributed by atoms with Crippen LogP contribution >= 0.6 is 15.9 Å². The van der Waals surface area contributed by atoms with Crippen LogP contribution in [0.1, 0.15) is 49.4 Å². The average molecular weight is 454 g/mol. The molecule has 1 aliphatic carbocycles. The number of hydrogen-bond acceptors (Lipinski definition) is 5. The predicted octanol–water partition coefficient (Wildman–Crippen LogP) is 2.87. The van der Waals surface area contributed by atoms with Crippen LogP contribution in [0.3, 0.4) is 0 Å². The van der Waals surface area contributed by atoms with E-state index in [0.29, 0.717) is 24.4 Å². The standard InChI is InChI=1S/C19H24BrN3O3S/c1-13(24)17-7-9-21-18(22-17)19(11-14-4-3-5-15(20)10-14)8-6-16(12-19)23-27(2,25)26/h3-5,7,9-10,13,16,23-24H,6,8,11-12H2,1-2H3/t13?,16-,19+/m0/s1. The maximum absolute atomic E-state index is 11.7. The number of aliphatic hydroxyl groups is 1. The molecule has 1 fully saturated rings. The quantitative estimate of drug-likeness (QED) is 0.701. The molecule has 0 aliphatic heterocycles. The summed E-state index contributed by atoms with van der Waals surface area (Å²) in [6, 6.07) is 9.65. The van der Waals surface area contributed by atoms with E-state index in [2.05, 4.69) is 42.8 Å². The summed E-state index contributed by atoms with van der Waals surface area (Å²) in [4.78, 5) is 9.14. The van der Waals surface area contributed by atoms with Crippen LogP contribution < -0.4 is 4.72 Å². The lowest BCUT2D eigenvalue weighted by molar-refractivity contribution is 0.193. The molecule has 0 spiro atoms. The van der Waals surface area contributed by atoms with E-state index >= 15 is 0 Å². The fourth-order valence-electron chi connectivity index (χ4n) is 3.87. The molecule has 3 rings (SSSR count). The molecule has 1 heterocycles. The van der Waals surface area contributed by atoms with Crippen molar-refractivity contribution < 1.29 is 13.5 Å². The van der Waals surface area contributed by atoms with Crippen molar-refractivity contribution in [2.45, 2.75) is 50.2 Å². The Bertz CT molecular complexity index is 920. The molecular formula is C19H24BrN3O3S. The van der Waals surface area contributed by atoms with Gasteiger partial charge in [-0.3, -0.25) is 0 Å². The van der Waals surface area contributed by atoms with Gasteiger partial charge >= 0.3 is 0 Å². The molecular weight excluding hydrogens is 430 g/mol. The van der Waals surface area contributed by atoms with Gasteiger partial charge in [-0.15, -0.1) is 0 Å². The highest BCUT2D eigenvalue weighted by Crippen LogP contribution is 2.43. The number of hydrogen-bond donors (Lipinski definition) is 2. The number of aromatic nitrogens is 2. The number of nitrogens with one attached hydrogen (secondary N) is 1. The zero-order valence-electron chi connectivity index (χ0n) is 15.4. The molecule has 2 aromatic rings. The smallest absolute Gasteiger partial charge is 0.208 e. The van der Waals surface area contributed by atoms with Crippen molar-refractivity contribution in [3.63, 3.8) is 0 Å². The van der Waals surface area contributed by atoms with Crippen molar-refractivity contribution in [2.75, 3.05) is 6.26 Å². The Morgan fingerprint density at radius 1 is 1.41 bits per heavy atom. The van der Waals surface area contributed by atoms with Crippen LogP contribution in [-0.4, -0.2) is 35.8 Å². The summed E-state index contributed by atoms with van der Waals surface area (Å²) in [5, 5.41) is 9.92. The lowest BCUT2D eigenvalue weighted by Crippen LogP contribution is -2.35. The van der Waals surface area contributed by atoms with Gasteiger partial charge in [0.1, 0.15) is 5.82 Å². The highest BCUT2D eigenvalue weighted by molar-refractivity contribution is 9.10. The van der Waals surface area contributed by atoms with E-state index in [1.807, 2.05) is 12.1 Å². The number of halogens is 1. The van der Waals surface area contributed by atoms with Crippen molar-refractivity contribution in [1.29, 1.82) is 0 Å². The number of nitrogens with zero attached hydrogens (tertiary/aromatic N) is 2. The summed E-state index contributed by atoms with van der Waals surface area (Å²) in [7, 11) is -3.28. The number of benzene rings is 1. The second kappa shape index (κ2) is 7.95. The number of aliphatic hydroxyl groups excluding tert-OH is 1. The minimum absolute atomic E-state index is 0.147. The number of rotatable bonds is 6. The van der Waals surface area contributed by atoms with Crippen LogP contribution in [0.5, 0.6) is 0 Å². The third-order valence-corrected chi connectivity index (χ3v) is 6.26. The molecule has 27 heavy (non-hydrogen) atoms. The van der Waals surface area contributed by atoms with Crippen LogP contribution in [0.4, 0.5) is 0 Å². The van der Waals surface area contributed by atoms with Gasteiger partial charge in [-0.2, -0.15) is 0 Å². The minimum Gasteiger partial charge on any atom is -0.387 e. The zero-order chi connectivity index (χ0) is 19.7. The number of sulfonamides is 1. The third-order valence-electron chi connectivity index (χ3n) is 5.00. The van der Waals surface area contributed by atoms with Crippen molar-refractivity contribution in [1.82, 2.24) is 14.7 Å². The lowest BCUT2D eigenvalue weighted by Gasteiger charge is -2.29. The molecule has 1 aliphatic rings. The van der Waals surface area contributed by atoms with Crippen LogP contribution in [0.25, 0.3) is 0 Å². The first-order valence-electron chi connectivity index (χ1n) is 8.90. The second-order valence-corrected chi connectivity index (χ2v) is 10.1. The van der Waals surface area contributed by atoms with E-state index in [0.717, 1.165) is 22.9 Å². The zero-order valence-corrected chi connectivity index (χ0v) is 17.8. The largest absolute Gasteiger partial charge is 0.387 e. The summed E-state index contributed by atoms with van der Waals surface area (Å²) >= 11 is 3.51. The molecule has 0 amide bonds. The maximum atomic E-state index is 11.7. The van der Waals surface area contributed by atoms with Gasteiger partial charge in [0.2, 0.25) is 10.0 Å². The molecule has 6 nitrogen and oxygen atoms in total. The van der Waals surface area contributed by atoms with Crippen LogP contribution in [0.2, 0.25) is 0 Å². The molecule has 1 aromatic carbocycles. The third kappa shape index (κ3) is 5.13. The van der Waals surface area contributed by atoms with E-state index in [9.17, 15) is 13.5 Å². The molecule has 3 atom stereocenters. The van der Waals surface area contributed by atoms with Crippen molar-refractivity contribution >= 4 is 26.0 Å². The molecule has 0 radical (unpaired) electrons. The van der Waals surface area contributed by atoms with Crippen LogP contribution in [-0.2, 0) is 21.9 Å². The van der Waals surface area contributed by atoms with Gasteiger partial charge in [0, 0.05) is 22.1 Å². The summed E-state index contributed by atoms with van der Waals surface area (Å²) in [6.07, 6.45) is 5.00. The van der Waals surface area contributed by atoms with Gasteiger partial charge < -0.3 is 5.11 Å². The Labute approximate surface area is 168 Å². The van der Waals surface area contributed by atoms with Crippen LogP contribution in [0, 0.1) is 0 Å². The predicted molar refractivity (Wildman–Crippen MR) is 108 cm³/mol. The van der Waals surface area contributed by atoms with E-state index < -0.39 is 16.1 Å². The van der Waals surface area contributed by atoms with Crippen molar-refractivity contribution in [2.24, 2.45) is 0 Å². The van der Waals surface area contributed by atoms with Crippen molar-refractivity contribution in [3.8, 4) is 0 Å². The Morgan fingerprint density at radius 3 is 2.85 bits per heavy atom. The second-order valence-electron chi connectivity index (χ2n) is 7.40. The van der Waals surface area contributed by atoms with Gasteiger partial charge in [0.25, 0.3) is 0 Å². The SMILES string of the molecule is CC(O)c1ccnc([C@@]2(Cc3cccc(Br)c3)CC[C@H](NS(C)(=O)=O)C2)n1. The normalized spacial score (nSPS) is 24.1. The first-order valence-corrected chi connectivity index (χ1v) is 11.6. The lowest BCUT2D eigenvalue weighted by atomic mass is 9.78.